The zero-order valence-corrected chi connectivity index (χ0v) is 9.08. The van der Waals surface area contributed by atoms with E-state index in [0.717, 1.165) is 6.42 Å². The molecule has 0 saturated heterocycles. The number of ether oxygens (including phenoxy) is 2. The van der Waals surface area contributed by atoms with E-state index >= 15 is 0 Å². The van der Waals surface area contributed by atoms with Crippen LogP contribution in [0.3, 0.4) is 0 Å². The monoisotopic (exact) mass is 204 g/mol. The standard InChI is InChI=1S/C9H20N2O3/c1-4-7(6-13-2)11-9(12)8(5-10)14-3/h7-8H,4-6,10H2,1-3H3,(H,11,12). The van der Waals surface area contributed by atoms with Gasteiger partial charge in [0.25, 0.3) is 5.91 Å². The van der Waals surface area contributed by atoms with Crippen LogP contribution < -0.4 is 11.1 Å². The first-order valence-corrected chi connectivity index (χ1v) is 4.71. The van der Waals surface area contributed by atoms with Crippen LogP contribution in [0.25, 0.3) is 0 Å². The maximum atomic E-state index is 11.5. The van der Waals surface area contributed by atoms with Crippen LogP contribution in [0.4, 0.5) is 0 Å². The minimum Gasteiger partial charge on any atom is -0.383 e. The molecular formula is C9H20N2O3. The maximum Gasteiger partial charge on any atom is 0.250 e. The molecule has 1 amide bonds. The summed E-state index contributed by atoms with van der Waals surface area (Å²) in [7, 11) is 3.07. The van der Waals surface area contributed by atoms with Gasteiger partial charge >= 0.3 is 0 Å². The fraction of sp³-hybridized carbons (Fsp3) is 0.889. The first-order valence-electron chi connectivity index (χ1n) is 4.71. The van der Waals surface area contributed by atoms with E-state index in [1.54, 1.807) is 7.11 Å². The molecule has 2 unspecified atom stereocenters. The minimum absolute atomic E-state index is 0.0247. The van der Waals surface area contributed by atoms with Crippen molar-refractivity contribution < 1.29 is 14.3 Å². The second-order valence-electron chi connectivity index (χ2n) is 3.03. The lowest BCUT2D eigenvalue weighted by molar-refractivity contribution is -0.131. The molecule has 2 atom stereocenters. The van der Waals surface area contributed by atoms with Crippen molar-refractivity contribution in [2.24, 2.45) is 5.73 Å². The summed E-state index contributed by atoms with van der Waals surface area (Å²) in [6, 6.07) is 0.0247. The van der Waals surface area contributed by atoms with Gasteiger partial charge in [0.1, 0.15) is 6.10 Å². The first-order chi connectivity index (χ1) is 6.69. The molecule has 0 spiro atoms. The summed E-state index contributed by atoms with van der Waals surface area (Å²) in [5.41, 5.74) is 5.36. The van der Waals surface area contributed by atoms with Gasteiger partial charge in [-0.05, 0) is 6.42 Å². The molecule has 84 valence electrons. The predicted molar refractivity (Wildman–Crippen MR) is 53.9 cm³/mol. The number of rotatable bonds is 7. The second kappa shape index (κ2) is 7.73. The predicted octanol–water partition coefficient (Wildman–Crippen LogP) is -0.499. The maximum absolute atomic E-state index is 11.5. The fourth-order valence-electron chi connectivity index (χ4n) is 1.07. The van der Waals surface area contributed by atoms with Crippen molar-refractivity contribution in [3.63, 3.8) is 0 Å². The lowest BCUT2D eigenvalue weighted by atomic mass is 10.2. The van der Waals surface area contributed by atoms with Crippen LogP contribution in [0.15, 0.2) is 0 Å². The Labute approximate surface area is 84.9 Å². The molecule has 0 radical (unpaired) electrons. The normalized spacial score (nSPS) is 14.9. The zero-order chi connectivity index (χ0) is 11.0. The van der Waals surface area contributed by atoms with Gasteiger partial charge in [-0.2, -0.15) is 0 Å². The van der Waals surface area contributed by atoms with E-state index in [1.165, 1.54) is 7.11 Å². The molecule has 0 aliphatic heterocycles. The number of methoxy groups -OCH3 is 2. The Bertz CT molecular complexity index is 160. The van der Waals surface area contributed by atoms with Crippen LogP contribution in [0.1, 0.15) is 13.3 Å². The highest BCUT2D eigenvalue weighted by molar-refractivity contribution is 5.81. The van der Waals surface area contributed by atoms with Gasteiger partial charge in [-0.3, -0.25) is 4.79 Å². The van der Waals surface area contributed by atoms with E-state index in [1.807, 2.05) is 6.92 Å². The van der Waals surface area contributed by atoms with Crippen molar-refractivity contribution in [2.75, 3.05) is 27.4 Å². The molecule has 0 aromatic carbocycles. The largest absolute Gasteiger partial charge is 0.383 e. The van der Waals surface area contributed by atoms with E-state index < -0.39 is 6.10 Å². The Morgan fingerprint density at radius 1 is 1.50 bits per heavy atom. The summed E-state index contributed by atoms with van der Waals surface area (Å²) < 4.78 is 9.86. The number of hydrogen-bond acceptors (Lipinski definition) is 4. The average molecular weight is 204 g/mol. The molecule has 0 rings (SSSR count). The molecular weight excluding hydrogens is 184 g/mol. The highest BCUT2D eigenvalue weighted by Crippen LogP contribution is 1.94. The molecule has 5 heteroatoms. The van der Waals surface area contributed by atoms with E-state index in [4.69, 9.17) is 15.2 Å². The fourth-order valence-corrected chi connectivity index (χ4v) is 1.07. The topological polar surface area (TPSA) is 73.6 Å². The van der Waals surface area contributed by atoms with Gasteiger partial charge in [-0.15, -0.1) is 0 Å². The van der Waals surface area contributed by atoms with Gasteiger partial charge in [0.15, 0.2) is 0 Å². The highest BCUT2D eigenvalue weighted by atomic mass is 16.5. The molecule has 0 heterocycles. The Balaban J connectivity index is 3.99. The molecule has 0 aliphatic rings. The molecule has 0 saturated carbocycles. The van der Waals surface area contributed by atoms with Gasteiger partial charge in [0.05, 0.1) is 12.6 Å². The first kappa shape index (κ1) is 13.4. The third-order valence-corrected chi connectivity index (χ3v) is 2.00. The van der Waals surface area contributed by atoms with Crippen LogP contribution in [0.2, 0.25) is 0 Å². The highest BCUT2D eigenvalue weighted by Gasteiger charge is 2.18. The van der Waals surface area contributed by atoms with Crippen molar-refractivity contribution >= 4 is 5.91 Å². The van der Waals surface area contributed by atoms with Gasteiger partial charge in [0, 0.05) is 20.8 Å². The van der Waals surface area contributed by atoms with Crippen molar-refractivity contribution in [1.29, 1.82) is 0 Å². The zero-order valence-electron chi connectivity index (χ0n) is 9.08. The third-order valence-electron chi connectivity index (χ3n) is 2.00. The molecule has 5 nitrogen and oxygen atoms in total. The van der Waals surface area contributed by atoms with Gasteiger partial charge in [-0.1, -0.05) is 6.92 Å². The number of carbonyl (C=O) groups excluding carboxylic acids is 1. The van der Waals surface area contributed by atoms with E-state index in [9.17, 15) is 4.79 Å². The lowest BCUT2D eigenvalue weighted by Crippen LogP contribution is -2.46. The number of hydrogen-bond donors (Lipinski definition) is 2. The number of nitrogens with two attached hydrogens (primary N) is 1. The molecule has 0 bridgehead atoms. The van der Waals surface area contributed by atoms with Gasteiger partial charge in [0.2, 0.25) is 0 Å². The summed E-state index contributed by atoms with van der Waals surface area (Å²) in [4.78, 5) is 11.5. The smallest absolute Gasteiger partial charge is 0.250 e. The number of nitrogens with one attached hydrogen (secondary N) is 1. The van der Waals surface area contributed by atoms with Gasteiger partial charge < -0.3 is 20.5 Å². The molecule has 0 aromatic heterocycles. The second-order valence-corrected chi connectivity index (χ2v) is 3.03. The molecule has 14 heavy (non-hydrogen) atoms. The van der Waals surface area contributed by atoms with Crippen LogP contribution >= 0.6 is 0 Å². The van der Waals surface area contributed by atoms with Crippen molar-refractivity contribution in [3.05, 3.63) is 0 Å². The van der Waals surface area contributed by atoms with E-state index in [0.29, 0.717) is 6.61 Å². The Morgan fingerprint density at radius 2 is 2.14 bits per heavy atom. The summed E-state index contributed by atoms with van der Waals surface area (Å²) >= 11 is 0. The third kappa shape index (κ3) is 4.55. The lowest BCUT2D eigenvalue weighted by Gasteiger charge is -2.19. The Hall–Kier alpha value is -0.650. The van der Waals surface area contributed by atoms with Crippen LogP contribution in [-0.2, 0) is 14.3 Å². The van der Waals surface area contributed by atoms with Crippen LogP contribution in [0.5, 0.6) is 0 Å². The summed E-state index contributed by atoms with van der Waals surface area (Å²) in [6.07, 6.45) is 0.251. The summed E-state index contributed by atoms with van der Waals surface area (Å²) in [5, 5.41) is 2.80. The average Bonchev–Trinajstić information content (AvgIpc) is 2.19. The minimum atomic E-state index is -0.569. The SMILES string of the molecule is CCC(COC)NC(=O)C(CN)OC. The molecule has 0 aliphatic carbocycles. The van der Waals surface area contributed by atoms with Crippen molar-refractivity contribution in [3.8, 4) is 0 Å². The number of amides is 1. The van der Waals surface area contributed by atoms with E-state index in [2.05, 4.69) is 5.32 Å². The molecule has 3 N–H and O–H groups in total. The van der Waals surface area contributed by atoms with E-state index in [-0.39, 0.29) is 18.5 Å². The van der Waals surface area contributed by atoms with Gasteiger partial charge in [-0.25, -0.2) is 0 Å². The summed E-state index contributed by atoms with van der Waals surface area (Å²) in [6.45, 7) is 2.67. The van der Waals surface area contributed by atoms with Crippen LogP contribution in [0, 0.1) is 0 Å². The molecule has 0 aromatic rings. The van der Waals surface area contributed by atoms with Crippen molar-refractivity contribution in [1.82, 2.24) is 5.32 Å². The molecule has 0 fully saturated rings. The quantitative estimate of drug-likeness (QED) is 0.586. The summed E-state index contributed by atoms with van der Waals surface area (Å²) in [5.74, 6) is -0.182. The Morgan fingerprint density at radius 3 is 2.50 bits per heavy atom. The van der Waals surface area contributed by atoms with Crippen molar-refractivity contribution in [2.45, 2.75) is 25.5 Å². The Kier molecular flexibility index (Phi) is 7.37. The van der Waals surface area contributed by atoms with Crippen LogP contribution in [-0.4, -0.2) is 45.4 Å². The number of carbonyl (C=O) groups is 1.